The van der Waals surface area contributed by atoms with E-state index in [1.807, 2.05) is 13.0 Å². The molecule has 2 rings (SSSR count). The number of benzene rings is 1. The zero-order chi connectivity index (χ0) is 17.2. The summed E-state index contributed by atoms with van der Waals surface area (Å²) in [7, 11) is 1.74. The highest BCUT2D eigenvalue weighted by molar-refractivity contribution is 7.99. The van der Waals surface area contributed by atoms with Crippen molar-refractivity contribution in [2.24, 2.45) is 4.99 Å². The molecule has 0 radical (unpaired) electrons. The van der Waals surface area contributed by atoms with Crippen molar-refractivity contribution >= 4 is 17.7 Å². The number of aryl methyl sites for hydroxylation is 1. The number of guanidine groups is 1. The van der Waals surface area contributed by atoms with Gasteiger partial charge in [0.2, 0.25) is 0 Å². The Labute approximate surface area is 146 Å². The second-order valence-corrected chi connectivity index (χ2v) is 6.31. The van der Waals surface area contributed by atoms with Crippen LogP contribution in [-0.2, 0) is 13.0 Å². The normalized spacial score (nSPS) is 11.5. The first-order valence-electron chi connectivity index (χ1n) is 7.98. The van der Waals surface area contributed by atoms with Crippen molar-refractivity contribution in [3.05, 3.63) is 47.6 Å². The van der Waals surface area contributed by atoms with Crippen LogP contribution in [-0.4, -0.2) is 30.5 Å². The predicted octanol–water partition coefficient (Wildman–Crippen LogP) is 3.22. The van der Waals surface area contributed by atoms with Crippen LogP contribution in [0.25, 0.3) is 0 Å². The SMILES string of the molecule is CCc1cc(CNC(=NC)NCCCSc2ccc(F)cc2)on1. The lowest BCUT2D eigenvalue weighted by Gasteiger charge is -2.10. The van der Waals surface area contributed by atoms with Gasteiger partial charge >= 0.3 is 0 Å². The van der Waals surface area contributed by atoms with Crippen LogP contribution in [0.3, 0.4) is 0 Å². The van der Waals surface area contributed by atoms with E-state index < -0.39 is 0 Å². The molecule has 0 aliphatic carbocycles. The Morgan fingerprint density at radius 1 is 1.29 bits per heavy atom. The molecule has 24 heavy (non-hydrogen) atoms. The average molecular weight is 350 g/mol. The molecule has 0 saturated carbocycles. The van der Waals surface area contributed by atoms with Crippen LogP contribution in [0.4, 0.5) is 4.39 Å². The lowest BCUT2D eigenvalue weighted by atomic mass is 10.3. The Balaban J connectivity index is 1.61. The van der Waals surface area contributed by atoms with Gasteiger partial charge in [0.05, 0.1) is 12.2 Å². The van der Waals surface area contributed by atoms with Gasteiger partial charge < -0.3 is 15.2 Å². The van der Waals surface area contributed by atoms with Gasteiger partial charge in [0.1, 0.15) is 5.82 Å². The highest BCUT2D eigenvalue weighted by atomic mass is 32.2. The minimum atomic E-state index is -0.200. The predicted molar refractivity (Wildman–Crippen MR) is 95.8 cm³/mol. The molecule has 0 aliphatic rings. The van der Waals surface area contributed by atoms with Gasteiger partial charge in [0, 0.05) is 24.6 Å². The smallest absolute Gasteiger partial charge is 0.191 e. The Morgan fingerprint density at radius 2 is 2.08 bits per heavy atom. The quantitative estimate of drug-likeness (QED) is 0.331. The first-order chi connectivity index (χ1) is 11.7. The number of hydrogen-bond donors (Lipinski definition) is 2. The zero-order valence-corrected chi connectivity index (χ0v) is 14.8. The molecular formula is C17H23FN4OS. The minimum Gasteiger partial charge on any atom is -0.359 e. The van der Waals surface area contributed by atoms with Gasteiger partial charge in [0.25, 0.3) is 0 Å². The number of nitrogens with one attached hydrogen (secondary N) is 2. The monoisotopic (exact) mass is 350 g/mol. The van der Waals surface area contributed by atoms with E-state index in [2.05, 4.69) is 20.8 Å². The van der Waals surface area contributed by atoms with Crippen molar-refractivity contribution in [2.75, 3.05) is 19.3 Å². The first-order valence-corrected chi connectivity index (χ1v) is 8.97. The van der Waals surface area contributed by atoms with Crippen molar-refractivity contribution in [3.8, 4) is 0 Å². The zero-order valence-electron chi connectivity index (χ0n) is 14.0. The van der Waals surface area contributed by atoms with Crippen molar-refractivity contribution in [3.63, 3.8) is 0 Å². The van der Waals surface area contributed by atoms with E-state index in [1.165, 1.54) is 12.1 Å². The Bertz CT molecular complexity index is 642. The summed E-state index contributed by atoms with van der Waals surface area (Å²) < 4.78 is 18.0. The maximum Gasteiger partial charge on any atom is 0.191 e. The fourth-order valence-corrected chi connectivity index (χ4v) is 2.85. The molecule has 0 fully saturated rings. The number of rotatable bonds is 8. The molecule has 0 aliphatic heterocycles. The van der Waals surface area contributed by atoms with Gasteiger partial charge in [-0.3, -0.25) is 4.99 Å². The van der Waals surface area contributed by atoms with Crippen molar-refractivity contribution in [1.82, 2.24) is 15.8 Å². The molecule has 0 unspecified atom stereocenters. The van der Waals surface area contributed by atoms with E-state index in [0.717, 1.165) is 47.4 Å². The van der Waals surface area contributed by atoms with Gasteiger partial charge in [-0.15, -0.1) is 11.8 Å². The van der Waals surface area contributed by atoms with Crippen molar-refractivity contribution in [2.45, 2.75) is 31.2 Å². The van der Waals surface area contributed by atoms with Crippen LogP contribution in [0.15, 0.2) is 44.7 Å². The van der Waals surface area contributed by atoms with Gasteiger partial charge in [-0.1, -0.05) is 12.1 Å². The molecule has 1 aromatic carbocycles. The van der Waals surface area contributed by atoms with Gasteiger partial charge in [0.15, 0.2) is 11.7 Å². The molecular weight excluding hydrogens is 327 g/mol. The van der Waals surface area contributed by atoms with E-state index in [9.17, 15) is 4.39 Å². The minimum absolute atomic E-state index is 0.200. The number of hydrogen-bond acceptors (Lipinski definition) is 4. The molecule has 1 heterocycles. The Hall–Kier alpha value is -2.02. The summed E-state index contributed by atoms with van der Waals surface area (Å²) in [4.78, 5) is 5.26. The molecule has 0 spiro atoms. The number of halogens is 1. The van der Waals surface area contributed by atoms with Gasteiger partial charge in [-0.2, -0.15) is 0 Å². The lowest BCUT2D eigenvalue weighted by molar-refractivity contribution is 0.374. The van der Waals surface area contributed by atoms with Crippen molar-refractivity contribution in [1.29, 1.82) is 0 Å². The fourth-order valence-electron chi connectivity index (χ4n) is 2.00. The molecule has 5 nitrogen and oxygen atoms in total. The summed E-state index contributed by atoms with van der Waals surface area (Å²) in [6.07, 6.45) is 1.84. The molecule has 2 N–H and O–H groups in total. The van der Waals surface area contributed by atoms with E-state index in [-0.39, 0.29) is 5.82 Å². The number of nitrogens with zero attached hydrogens (tertiary/aromatic N) is 2. The van der Waals surface area contributed by atoms with Crippen LogP contribution >= 0.6 is 11.8 Å². The van der Waals surface area contributed by atoms with E-state index in [4.69, 9.17) is 4.52 Å². The molecule has 0 bridgehead atoms. The second-order valence-electron chi connectivity index (χ2n) is 5.15. The third-order valence-electron chi connectivity index (χ3n) is 3.32. The molecule has 2 aromatic rings. The molecule has 130 valence electrons. The molecule has 1 aromatic heterocycles. The number of aromatic nitrogens is 1. The van der Waals surface area contributed by atoms with Crippen molar-refractivity contribution < 1.29 is 8.91 Å². The molecule has 0 atom stereocenters. The number of thioether (sulfide) groups is 1. The summed E-state index contributed by atoms with van der Waals surface area (Å²) in [5, 5.41) is 10.4. The van der Waals surface area contributed by atoms with Gasteiger partial charge in [-0.05, 0) is 42.9 Å². The molecule has 7 heteroatoms. The molecule has 0 amide bonds. The van der Waals surface area contributed by atoms with E-state index in [0.29, 0.717) is 6.54 Å². The molecule has 0 saturated heterocycles. The first kappa shape index (κ1) is 18.3. The Kier molecular flexibility index (Phi) is 7.61. The summed E-state index contributed by atoms with van der Waals surface area (Å²) in [6, 6.07) is 8.52. The fraction of sp³-hybridized carbons (Fsp3) is 0.412. The Morgan fingerprint density at radius 3 is 2.75 bits per heavy atom. The maximum atomic E-state index is 12.8. The van der Waals surface area contributed by atoms with Crippen LogP contribution < -0.4 is 10.6 Å². The van der Waals surface area contributed by atoms with Crippen LogP contribution in [0, 0.1) is 5.82 Å². The topological polar surface area (TPSA) is 62.5 Å². The maximum absolute atomic E-state index is 12.8. The number of aliphatic imine (C=N–C) groups is 1. The average Bonchev–Trinajstić information content (AvgIpc) is 3.07. The van der Waals surface area contributed by atoms with E-state index in [1.54, 1.807) is 30.9 Å². The highest BCUT2D eigenvalue weighted by Crippen LogP contribution is 2.18. The summed E-state index contributed by atoms with van der Waals surface area (Å²) in [6.45, 7) is 3.40. The van der Waals surface area contributed by atoms with Crippen LogP contribution in [0.1, 0.15) is 24.8 Å². The third kappa shape index (κ3) is 6.23. The van der Waals surface area contributed by atoms with Crippen LogP contribution in [0.5, 0.6) is 0 Å². The van der Waals surface area contributed by atoms with E-state index >= 15 is 0 Å². The second kappa shape index (κ2) is 9.97. The largest absolute Gasteiger partial charge is 0.359 e. The summed E-state index contributed by atoms with van der Waals surface area (Å²) in [5.41, 5.74) is 0.951. The summed E-state index contributed by atoms with van der Waals surface area (Å²) in [5.74, 6) is 2.28. The third-order valence-corrected chi connectivity index (χ3v) is 4.42. The van der Waals surface area contributed by atoms with Crippen LogP contribution in [0.2, 0.25) is 0 Å². The van der Waals surface area contributed by atoms with Gasteiger partial charge in [-0.25, -0.2) is 4.39 Å². The highest BCUT2D eigenvalue weighted by Gasteiger charge is 2.04. The lowest BCUT2D eigenvalue weighted by Crippen LogP contribution is -2.37. The standard InChI is InChI=1S/C17H23FN4OS/c1-3-14-11-15(23-22-14)12-21-17(19-2)20-9-4-10-24-16-7-5-13(18)6-8-16/h5-8,11H,3-4,9-10,12H2,1-2H3,(H2,19,20,21). The summed E-state index contributed by atoms with van der Waals surface area (Å²) >= 11 is 1.71.